The number of nitrogens with zero attached hydrogens (tertiary/aromatic N) is 1. The minimum atomic E-state index is -0.508. The van der Waals surface area contributed by atoms with Crippen LogP contribution in [0.3, 0.4) is 0 Å². The van der Waals surface area contributed by atoms with Crippen molar-refractivity contribution in [2.45, 2.75) is 12.6 Å². The first-order chi connectivity index (χ1) is 10.7. The van der Waals surface area contributed by atoms with Gasteiger partial charge in [-0.15, -0.1) is 0 Å². The Morgan fingerprint density at radius 2 is 2.36 bits per heavy atom. The lowest BCUT2D eigenvalue weighted by Crippen LogP contribution is -2.35. The van der Waals surface area contributed by atoms with Crippen LogP contribution in [0.5, 0.6) is 5.75 Å². The molecule has 2 heterocycles. The highest BCUT2D eigenvalue weighted by Gasteiger charge is 2.23. The number of carbonyl (C=O) groups is 1. The number of allylic oxidation sites excluding steroid dienone is 2. The van der Waals surface area contributed by atoms with E-state index in [9.17, 15) is 9.18 Å². The van der Waals surface area contributed by atoms with Gasteiger partial charge in [-0.25, -0.2) is 4.39 Å². The Hall–Kier alpha value is -2.76. The van der Waals surface area contributed by atoms with Crippen LogP contribution >= 0.6 is 0 Å². The topological polar surface area (TPSA) is 53.6 Å². The molecule has 0 aromatic heterocycles. The van der Waals surface area contributed by atoms with Crippen molar-refractivity contribution in [3.05, 3.63) is 60.3 Å². The van der Waals surface area contributed by atoms with Crippen LogP contribution in [0.1, 0.15) is 6.42 Å². The average molecular weight is 301 g/mol. The number of benzene rings is 1. The van der Waals surface area contributed by atoms with Gasteiger partial charge in [-0.1, -0.05) is 6.08 Å². The molecule has 5 nitrogen and oxygen atoms in total. The molecule has 1 aromatic carbocycles. The number of methoxy groups -OCH3 is 1. The van der Waals surface area contributed by atoms with Gasteiger partial charge >= 0.3 is 0 Å². The lowest BCUT2D eigenvalue weighted by atomic mass is 10.1. The number of hydrogen-bond acceptors (Lipinski definition) is 4. The first kappa shape index (κ1) is 14.2. The van der Waals surface area contributed by atoms with Gasteiger partial charge in [0.25, 0.3) is 0 Å². The molecule has 3 rings (SSSR count). The van der Waals surface area contributed by atoms with Crippen molar-refractivity contribution < 1.29 is 13.9 Å². The normalized spacial score (nSPS) is 18.5. The zero-order chi connectivity index (χ0) is 15.5. The number of fused-ring (bicyclic) bond motifs is 1. The van der Waals surface area contributed by atoms with E-state index in [1.54, 1.807) is 6.07 Å². The highest BCUT2D eigenvalue weighted by atomic mass is 19.1. The standard InChI is InChI=1S/C16H16FN3O2/c1-22-14-6-5-11(9-13(14)17)19-16(21)10-12-3-2-4-15-18-7-8-20(12)15/h2-9,15,18H,10H2,1H3,(H,19,21). The smallest absolute Gasteiger partial charge is 0.230 e. The monoisotopic (exact) mass is 301 g/mol. The largest absolute Gasteiger partial charge is 0.494 e. The van der Waals surface area contributed by atoms with Crippen molar-refractivity contribution in [1.29, 1.82) is 0 Å². The third-order valence-electron chi connectivity index (χ3n) is 3.49. The van der Waals surface area contributed by atoms with Crippen LogP contribution in [0.15, 0.2) is 54.5 Å². The first-order valence-corrected chi connectivity index (χ1v) is 6.89. The number of anilines is 1. The Morgan fingerprint density at radius 1 is 1.50 bits per heavy atom. The highest BCUT2D eigenvalue weighted by molar-refractivity contribution is 5.92. The second-order valence-electron chi connectivity index (χ2n) is 4.95. The van der Waals surface area contributed by atoms with Gasteiger partial charge in [-0.05, 0) is 24.3 Å². The zero-order valence-electron chi connectivity index (χ0n) is 12.0. The number of hydrogen-bond donors (Lipinski definition) is 2. The molecule has 0 spiro atoms. The van der Waals surface area contributed by atoms with Gasteiger partial charge in [0.1, 0.15) is 6.17 Å². The van der Waals surface area contributed by atoms with Crippen LogP contribution < -0.4 is 15.4 Å². The van der Waals surface area contributed by atoms with Gasteiger partial charge in [0, 0.05) is 29.9 Å². The van der Waals surface area contributed by atoms with Crippen LogP contribution in [0, 0.1) is 5.82 Å². The lowest BCUT2D eigenvalue weighted by molar-refractivity contribution is -0.115. The minimum Gasteiger partial charge on any atom is -0.494 e. The molecular weight excluding hydrogens is 285 g/mol. The number of rotatable bonds is 4. The summed E-state index contributed by atoms with van der Waals surface area (Å²) in [5.74, 6) is -0.564. The quantitative estimate of drug-likeness (QED) is 0.896. The van der Waals surface area contributed by atoms with Gasteiger partial charge in [0.05, 0.1) is 13.5 Å². The first-order valence-electron chi connectivity index (χ1n) is 6.89. The molecule has 0 saturated heterocycles. The molecule has 1 amide bonds. The summed E-state index contributed by atoms with van der Waals surface area (Å²) in [6, 6.07) is 4.33. The predicted octanol–water partition coefficient (Wildman–Crippen LogP) is 2.32. The molecule has 0 bridgehead atoms. The molecule has 22 heavy (non-hydrogen) atoms. The lowest BCUT2D eigenvalue weighted by Gasteiger charge is -2.27. The summed E-state index contributed by atoms with van der Waals surface area (Å²) in [6.45, 7) is 0. The Labute approximate surface area is 127 Å². The summed E-state index contributed by atoms with van der Waals surface area (Å²) in [4.78, 5) is 14.1. The van der Waals surface area contributed by atoms with E-state index in [-0.39, 0.29) is 24.2 Å². The van der Waals surface area contributed by atoms with Crippen molar-refractivity contribution in [1.82, 2.24) is 10.2 Å². The Bertz CT molecular complexity index is 682. The summed E-state index contributed by atoms with van der Waals surface area (Å²) in [5, 5.41) is 5.84. The summed E-state index contributed by atoms with van der Waals surface area (Å²) in [6.07, 6.45) is 9.80. The van der Waals surface area contributed by atoms with E-state index >= 15 is 0 Å². The van der Waals surface area contributed by atoms with Crippen LogP contribution in [0.4, 0.5) is 10.1 Å². The summed E-state index contributed by atoms with van der Waals surface area (Å²) < 4.78 is 18.5. The van der Waals surface area contributed by atoms with Crippen LogP contribution in [-0.2, 0) is 4.79 Å². The molecule has 0 radical (unpaired) electrons. The maximum atomic E-state index is 13.6. The Kier molecular flexibility index (Phi) is 3.82. The molecule has 0 aliphatic carbocycles. The molecule has 1 aromatic rings. The van der Waals surface area contributed by atoms with E-state index < -0.39 is 5.82 Å². The maximum Gasteiger partial charge on any atom is 0.230 e. The van der Waals surface area contributed by atoms with Crippen LogP contribution in [0.25, 0.3) is 0 Å². The van der Waals surface area contributed by atoms with Crippen molar-refractivity contribution in [3.63, 3.8) is 0 Å². The molecule has 1 unspecified atom stereocenters. The van der Waals surface area contributed by atoms with Crippen molar-refractivity contribution >= 4 is 11.6 Å². The number of ether oxygens (including phenoxy) is 1. The molecule has 1 atom stereocenters. The molecule has 6 heteroatoms. The van der Waals surface area contributed by atoms with E-state index in [1.165, 1.54) is 19.2 Å². The summed E-state index contributed by atoms with van der Waals surface area (Å²) in [7, 11) is 1.40. The fourth-order valence-electron chi connectivity index (χ4n) is 2.44. The fourth-order valence-corrected chi connectivity index (χ4v) is 2.44. The maximum absolute atomic E-state index is 13.6. The van der Waals surface area contributed by atoms with E-state index in [0.29, 0.717) is 5.69 Å². The van der Waals surface area contributed by atoms with Crippen LogP contribution in [-0.4, -0.2) is 24.1 Å². The van der Waals surface area contributed by atoms with E-state index in [0.717, 1.165) is 5.70 Å². The third-order valence-corrected chi connectivity index (χ3v) is 3.49. The highest BCUT2D eigenvalue weighted by Crippen LogP contribution is 2.23. The van der Waals surface area contributed by atoms with Crippen molar-refractivity contribution in [3.8, 4) is 5.75 Å². The molecule has 2 aliphatic heterocycles. The average Bonchev–Trinajstić information content (AvgIpc) is 2.97. The van der Waals surface area contributed by atoms with E-state index in [4.69, 9.17) is 4.74 Å². The van der Waals surface area contributed by atoms with Crippen molar-refractivity contribution in [2.24, 2.45) is 0 Å². The van der Waals surface area contributed by atoms with Gasteiger partial charge in [0.2, 0.25) is 5.91 Å². The summed E-state index contributed by atoms with van der Waals surface area (Å²) in [5.41, 5.74) is 1.28. The molecule has 0 fully saturated rings. The number of carbonyl (C=O) groups excluding carboxylic acids is 1. The molecular formula is C16H16FN3O2. The van der Waals surface area contributed by atoms with Crippen LogP contribution in [0.2, 0.25) is 0 Å². The molecule has 2 N–H and O–H groups in total. The number of amides is 1. The van der Waals surface area contributed by atoms with E-state index in [2.05, 4.69) is 10.6 Å². The van der Waals surface area contributed by atoms with Gasteiger partial charge in [-0.2, -0.15) is 0 Å². The minimum absolute atomic E-state index is 0.0613. The van der Waals surface area contributed by atoms with Gasteiger partial charge < -0.3 is 20.3 Å². The molecule has 0 saturated carbocycles. The number of nitrogens with one attached hydrogen (secondary N) is 2. The SMILES string of the molecule is COc1ccc(NC(=O)CC2=CC=CC3NC=CN23)cc1F. The molecule has 114 valence electrons. The fraction of sp³-hybridized carbons (Fsp3) is 0.188. The third kappa shape index (κ3) is 2.81. The second kappa shape index (κ2) is 5.93. The number of halogens is 1. The second-order valence-corrected chi connectivity index (χ2v) is 4.95. The summed E-state index contributed by atoms with van der Waals surface area (Å²) >= 11 is 0. The van der Waals surface area contributed by atoms with Gasteiger partial charge in [0.15, 0.2) is 11.6 Å². The Balaban J connectivity index is 1.65. The van der Waals surface area contributed by atoms with E-state index in [1.807, 2.05) is 35.5 Å². The van der Waals surface area contributed by atoms with Crippen molar-refractivity contribution in [2.75, 3.05) is 12.4 Å². The predicted molar refractivity (Wildman–Crippen MR) is 81.3 cm³/mol. The zero-order valence-corrected chi connectivity index (χ0v) is 12.0. The molecule has 2 aliphatic rings. The van der Waals surface area contributed by atoms with Gasteiger partial charge in [-0.3, -0.25) is 4.79 Å². The Morgan fingerprint density at radius 3 is 3.14 bits per heavy atom.